The van der Waals surface area contributed by atoms with E-state index in [1.807, 2.05) is 30.3 Å². The molecular weight excluding hydrogens is 270 g/mol. The maximum absolute atomic E-state index is 11.7. The molecule has 0 saturated heterocycles. The second kappa shape index (κ2) is 5.41. The molecule has 0 bridgehead atoms. The predicted molar refractivity (Wildman–Crippen MR) is 78.0 cm³/mol. The summed E-state index contributed by atoms with van der Waals surface area (Å²) in [4.78, 5) is 22.9. The number of anilines is 2. The molecule has 1 aromatic carbocycles. The molecule has 21 heavy (non-hydrogen) atoms. The van der Waals surface area contributed by atoms with Crippen molar-refractivity contribution in [2.45, 2.75) is 0 Å². The second-order valence-electron chi connectivity index (χ2n) is 4.25. The van der Waals surface area contributed by atoms with Crippen LogP contribution in [0.1, 0.15) is 0 Å². The summed E-state index contributed by atoms with van der Waals surface area (Å²) in [6.07, 6.45) is 0. The van der Waals surface area contributed by atoms with E-state index in [1.165, 1.54) is 6.07 Å². The Morgan fingerprint density at radius 3 is 2.43 bits per heavy atom. The van der Waals surface area contributed by atoms with Crippen LogP contribution in [0.5, 0.6) is 0 Å². The van der Waals surface area contributed by atoms with Gasteiger partial charge in [-0.25, -0.2) is 0 Å². The molecule has 0 aliphatic carbocycles. The number of hydrogen-bond donors (Lipinski definition) is 2. The molecule has 0 fully saturated rings. The van der Waals surface area contributed by atoms with Gasteiger partial charge in [-0.2, -0.15) is 4.68 Å². The zero-order chi connectivity index (χ0) is 14.7. The first-order valence-electron chi connectivity index (χ1n) is 6.21. The van der Waals surface area contributed by atoms with Crippen LogP contribution in [0.3, 0.4) is 0 Å². The van der Waals surface area contributed by atoms with Crippen LogP contribution in [0.25, 0.3) is 5.82 Å². The van der Waals surface area contributed by atoms with Gasteiger partial charge in [-0.3, -0.25) is 14.7 Å². The van der Waals surface area contributed by atoms with E-state index in [1.54, 1.807) is 12.1 Å². The monoisotopic (exact) mass is 281 g/mol. The lowest BCUT2D eigenvalue weighted by Gasteiger charge is -2.06. The molecule has 2 aromatic heterocycles. The van der Waals surface area contributed by atoms with Crippen LogP contribution in [0, 0.1) is 0 Å². The average molecular weight is 281 g/mol. The van der Waals surface area contributed by atoms with Gasteiger partial charge < -0.3 is 5.32 Å². The Morgan fingerprint density at radius 1 is 0.905 bits per heavy atom. The van der Waals surface area contributed by atoms with E-state index >= 15 is 0 Å². The summed E-state index contributed by atoms with van der Waals surface area (Å²) in [6, 6.07) is 15.1. The van der Waals surface area contributed by atoms with Crippen molar-refractivity contribution in [2.75, 3.05) is 5.32 Å². The topological polar surface area (TPSA) is 92.7 Å². The van der Waals surface area contributed by atoms with Crippen molar-refractivity contribution in [3.8, 4) is 5.82 Å². The van der Waals surface area contributed by atoms with Crippen LogP contribution in [0.15, 0.2) is 64.2 Å². The highest BCUT2D eigenvalue weighted by Crippen LogP contribution is 2.12. The lowest BCUT2D eigenvalue weighted by molar-refractivity contribution is 0.746. The summed E-state index contributed by atoms with van der Waals surface area (Å²) in [6.45, 7) is 0. The van der Waals surface area contributed by atoms with Crippen LogP contribution < -0.4 is 16.4 Å². The van der Waals surface area contributed by atoms with Gasteiger partial charge in [-0.05, 0) is 24.3 Å². The Hall–Kier alpha value is -3.22. The highest BCUT2D eigenvalue weighted by atomic mass is 16.1. The Balaban J connectivity index is 1.89. The van der Waals surface area contributed by atoms with Crippen LogP contribution in [0.2, 0.25) is 0 Å². The summed E-state index contributed by atoms with van der Waals surface area (Å²) in [5.41, 5.74) is 0.111. The first kappa shape index (κ1) is 12.8. The van der Waals surface area contributed by atoms with Gasteiger partial charge >= 0.3 is 0 Å². The summed E-state index contributed by atoms with van der Waals surface area (Å²) in [5, 5.41) is 13.4. The molecular formula is C14H11N5O2. The van der Waals surface area contributed by atoms with Gasteiger partial charge in [0.1, 0.15) is 0 Å². The Kier molecular flexibility index (Phi) is 3.30. The van der Waals surface area contributed by atoms with Gasteiger partial charge in [-0.15, -0.1) is 10.2 Å². The zero-order valence-electron chi connectivity index (χ0n) is 10.9. The smallest absolute Gasteiger partial charge is 0.271 e. The summed E-state index contributed by atoms with van der Waals surface area (Å²) in [7, 11) is 0. The van der Waals surface area contributed by atoms with Gasteiger partial charge in [0.2, 0.25) is 0 Å². The van der Waals surface area contributed by atoms with Gasteiger partial charge in [0.05, 0.1) is 0 Å². The molecule has 7 nitrogen and oxygen atoms in total. The van der Waals surface area contributed by atoms with E-state index in [0.29, 0.717) is 5.82 Å². The molecule has 0 spiro atoms. The fraction of sp³-hybridized carbons (Fsp3) is 0. The highest BCUT2D eigenvalue weighted by Gasteiger charge is 2.03. The minimum absolute atomic E-state index is 0.247. The van der Waals surface area contributed by atoms with Crippen molar-refractivity contribution >= 4 is 11.5 Å². The maximum Gasteiger partial charge on any atom is 0.271 e. The molecule has 0 radical (unpaired) electrons. The molecule has 7 heteroatoms. The van der Waals surface area contributed by atoms with E-state index < -0.39 is 0 Å². The Morgan fingerprint density at radius 2 is 1.71 bits per heavy atom. The van der Waals surface area contributed by atoms with Crippen LogP contribution >= 0.6 is 0 Å². The molecule has 0 amide bonds. The number of para-hydroxylation sites is 1. The third-order valence-electron chi connectivity index (χ3n) is 2.75. The number of benzene rings is 1. The van der Waals surface area contributed by atoms with Crippen molar-refractivity contribution in [3.05, 3.63) is 75.3 Å². The summed E-state index contributed by atoms with van der Waals surface area (Å²) >= 11 is 0. The van der Waals surface area contributed by atoms with Gasteiger partial charge in [0, 0.05) is 17.8 Å². The molecule has 0 unspecified atom stereocenters. The number of nitrogens with one attached hydrogen (secondary N) is 2. The lowest BCUT2D eigenvalue weighted by Crippen LogP contribution is -2.27. The largest absolute Gasteiger partial charge is 0.339 e. The van der Waals surface area contributed by atoms with E-state index in [2.05, 4.69) is 20.6 Å². The first-order valence-corrected chi connectivity index (χ1v) is 6.21. The summed E-state index contributed by atoms with van der Waals surface area (Å²) < 4.78 is 1.04. The quantitative estimate of drug-likeness (QED) is 0.748. The van der Waals surface area contributed by atoms with Crippen molar-refractivity contribution < 1.29 is 0 Å². The SMILES string of the molecule is O=c1ccc(=O)n(-c2ccc(Nc3ccccc3)nn2)[nH]1. The molecule has 0 saturated carbocycles. The average Bonchev–Trinajstić information content (AvgIpc) is 2.52. The van der Waals surface area contributed by atoms with E-state index in [9.17, 15) is 9.59 Å². The minimum Gasteiger partial charge on any atom is -0.339 e. The zero-order valence-corrected chi connectivity index (χ0v) is 10.9. The van der Waals surface area contributed by atoms with Crippen molar-refractivity contribution in [1.82, 2.24) is 20.0 Å². The fourth-order valence-corrected chi connectivity index (χ4v) is 1.77. The fourth-order valence-electron chi connectivity index (χ4n) is 1.77. The van der Waals surface area contributed by atoms with Crippen LogP contribution in [-0.4, -0.2) is 20.0 Å². The molecule has 0 atom stereocenters. The van der Waals surface area contributed by atoms with E-state index in [0.717, 1.165) is 16.4 Å². The van der Waals surface area contributed by atoms with E-state index in [-0.39, 0.29) is 16.9 Å². The highest BCUT2D eigenvalue weighted by molar-refractivity contribution is 5.55. The number of H-pyrrole nitrogens is 1. The molecule has 3 rings (SSSR count). The van der Waals surface area contributed by atoms with Crippen LogP contribution in [0.4, 0.5) is 11.5 Å². The van der Waals surface area contributed by atoms with Crippen molar-refractivity contribution in [3.63, 3.8) is 0 Å². The molecule has 0 aliphatic heterocycles. The first-order chi connectivity index (χ1) is 10.2. The third kappa shape index (κ3) is 2.86. The minimum atomic E-state index is -0.386. The normalized spacial score (nSPS) is 10.3. The summed E-state index contributed by atoms with van der Waals surface area (Å²) in [5.74, 6) is 0.785. The number of hydrogen-bond acceptors (Lipinski definition) is 5. The molecule has 104 valence electrons. The molecule has 0 aliphatic rings. The van der Waals surface area contributed by atoms with E-state index in [4.69, 9.17) is 0 Å². The van der Waals surface area contributed by atoms with Crippen LogP contribution in [-0.2, 0) is 0 Å². The van der Waals surface area contributed by atoms with Gasteiger partial charge in [0.15, 0.2) is 11.6 Å². The van der Waals surface area contributed by atoms with Crippen molar-refractivity contribution in [1.29, 1.82) is 0 Å². The predicted octanol–water partition coefficient (Wildman–Crippen LogP) is 1.06. The van der Waals surface area contributed by atoms with Crippen molar-refractivity contribution in [2.24, 2.45) is 0 Å². The third-order valence-corrected chi connectivity index (χ3v) is 2.75. The van der Waals surface area contributed by atoms with Gasteiger partial charge in [-0.1, -0.05) is 18.2 Å². The van der Waals surface area contributed by atoms with Gasteiger partial charge in [0.25, 0.3) is 11.1 Å². The molecule has 2 N–H and O–H groups in total. The lowest BCUT2D eigenvalue weighted by atomic mass is 10.3. The maximum atomic E-state index is 11.7. The Bertz CT molecular complexity index is 853. The number of nitrogens with zero attached hydrogens (tertiary/aromatic N) is 3. The number of aromatic nitrogens is 4. The molecule has 2 heterocycles. The number of rotatable bonds is 3. The molecule has 3 aromatic rings. The number of aromatic amines is 1. The second-order valence-corrected chi connectivity index (χ2v) is 4.25. The Labute approximate surface area is 118 Å². The standard InChI is InChI=1S/C14H11N5O2/c20-13-8-9-14(21)19(18-13)12-7-6-11(16-17-12)15-10-4-2-1-3-5-10/h1-9H,(H,15,16)(H,18,20).